The lowest BCUT2D eigenvalue weighted by Gasteiger charge is -2.29. The van der Waals surface area contributed by atoms with Crippen LogP contribution < -0.4 is 16.2 Å². The van der Waals surface area contributed by atoms with Crippen LogP contribution in [0.5, 0.6) is 0 Å². The van der Waals surface area contributed by atoms with Crippen LogP contribution in [0.15, 0.2) is 23.1 Å². The van der Waals surface area contributed by atoms with E-state index in [1.807, 2.05) is 0 Å². The average molecular weight is 298 g/mol. The minimum absolute atomic E-state index is 0.0448. The third kappa shape index (κ3) is 4.09. The largest absolute Gasteiger partial charge is 0.399 e. The van der Waals surface area contributed by atoms with Gasteiger partial charge in [-0.05, 0) is 57.1 Å². The molecule has 1 aliphatic rings. The van der Waals surface area contributed by atoms with Crippen molar-refractivity contribution in [1.82, 2.24) is 4.90 Å². The summed E-state index contributed by atoms with van der Waals surface area (Å²) in [7, 11) is -1.60. The summed E-state index contributed by atoms with van der Waals surface area (Å²) in [5, 5.41) is 8.40. The molecule has 2 rings (SSSR count). The molecule has 0 unspecified atom stereocenters. The summed E-state index contributed by atoms with van der Waals surface area (Å²) in [5.74, 6) is 0.602. The lowest BCUT2D eigenvalue weighted by Crippen LogP contribution is -2.33. The van der Waals surface area contributed by atoms with E-state index in [4.69, 9.17) is 10.9 Å². The van der Waals surface area contributed by atoms with Crippen LogP contribution in [0.1, 0.15) is 12.8 Å². The van der Waals surface area contributed by atoms with Crippen molar-refractivity contribution in [1.29, 1.82) is 0 Å². The van der Waals surface area contributed by atoms with Crippen molar-refractivity contribution in [2.24, 2.45) is 11.1 Å². The number of anilines is 2. The minimum Gasteiger partial charge on any atom is -0.399 e. The van der Waals surface area contributed by atoms with Crippen molar-refractivity contribution in [3.8, 4) is 0 Å². The Morgan fingerprint density at radius 2 is 1.95 bits per heavy atom. The van der Waals surface area contributed by atoms with Gasteiger partial charge in [0, 0.05) is 17.9 Å². The molecule has 0 saturated carbocycles. The first-order valence-electron chi connectivity index (χ1n) is 6.70. The van der Waals surface area contributed by atoms with Crippen LogP contribution in [0.4, 0.5) is 11.4 Å². The number of rotatable bonds is 4. The Morgan fingerprint density at radius 1 is 1.30 bits per heavy atom. The second-order valence-corrected chi connectivity index (χ2v) is 7.02. The van der Waals surface area contributed by atoms with Crippen molar-refractivity contribution in [2.75, 3.05) is 37.7 Å². The monoisotopic (exact) mass is 298 g/mol. The molecular weight excluding hydrogens is 276 g/mol. The van der Waals surface area contributed by atoms with Crippen LogP contribution in [0.2, 0.25) is 0 Å². The molecular formula is C13H22N4O2S. The molecule has 7 heteroatoms. The molecule has 1 aliphatic heterocycles. The molecule has 1 heterocycles. The van der Waals surface area contributed by atoms with Crippen molar-refractivity contribution in [3.63, 3.8) is 0 Å². The van der Waals surface area contributed by atoms with E-state index < -0.39 is 10.0 Å². The number of nitrogens with one attached hydrogen (secondary N) is 1. The molecule has 0 amide bonds. The predicted octanol–water partition coefficient (Wildman–Crippen LogP) is 0.670. The molecule has 5 N–H and O–H groups in total. The lowest BCUT2D eigenvalue weighted by molar-refractivity contribution is 0.226. The number of hydrogen-bond donors (Lipinski definition) is 3. The number of nitrogens with two attached hydrogens (primary N) is 2. The smallest absolute Gasteiger partial charge is 0.238 e. The number of benzene rings is 1. The Morgan fingerprint density at radius 3 is 2.55 bits per heavy atom. The van der Waals surface area contributed by atoms with Gasteiger partial charge in [0.25, 0.3) is 0 Å². The molecule has 0 aliphatic carbocycles. The van der Waals surface area contributed by atoms with Crippen molar-refractivity contribution in [3.05, 3.63) is 18.2 Å². The first-order valence-corrected chi connectivity index (χ1v) is 8.25. The highest BCUT2D eigenvalue weighted by Gasteiger charge is 2.16. The highest BCUT2D eigenvalue weighted by Crippen LogP contribution is 2.21. The zero-order valence-corrected chi connectivity index (χ0v) is 12.5. The highest BCUT2D eigenvalue weighted by atomic mass is 32.2. The van der Waals surface area contributed by atoms with E-state index in [0.29, 0.717) is 17.3 Å². The van der Waals surface area contributed by atoms with Gasteiger partial charge in [-0.15, -0.1) is 0 Å². The van der Waals surface area contributed by atoms with Crippen LogP contribution in [0.25, 0.3) is 0 Å². The molecule has 0 bridgehead atoms. The van der Waals surface area contributed by atoms with E-state index >= 15 is 0 Å². The van der Waals surface area contributed by atoms with Crippen LogP contribution in [-0.2, 0) is 10.0 Å². The molecule has 0 spiro atoms. The van der Waals surface area contributed by atoms with Gasteiger partial charge in [-0.1, -0.05) is 0 Å². The van der Waals surface area contributed by atoms with E-state index in [-0.39, 0.29) is 4.90 Å². The fourth-order valence-electron chi connectivity index (χ4n) is 2.42. The van der Waals surface area contributed by atoms with Gasteiger partial charge in [0.2, 0.25) is 10.0 Å². The van der Waals surface area contributed by atoms with Crippen molar-refractivity contribution < 1.29 is 8.42 Å². The Bertz CT molecular complexity index is 566. The number of primary sulfonamides is 1. The van der Waals surface area contributed by atoms with Crippen LogP contribution in [0.3, 0.4) is 0 Å². The predicted molar refractivity (Wildman–Crippen MR) is 80.9 cm³/mol. The molecule has 0 radical (unpaired) electrons. The summed E-state index contributed by atoms with van der Waals surface area (Å²) in [6, 6.07) is 4.63. The number of hydrogen-bond acceptors (Lipinski definition) is 5. The van der Waals surface area contributed by atoms with Crippen LogP contribution in [0, 0.1) is 5.92 Å². The summed E-state index contributed by atoms with van der Waals surface area (Å²) < 4.78 is 22.7. The van der Waals surface area contributed by atoms with E-state index in [0.717, 1.165) is 32.5 Å². The van der Waals surface area contributed by atoms with Crippen molar-refractivity contribution >= 4 is 21.4 Å². The second-order valence-electron chi connectivity index (χ2n) is 5.46. The summed E-state index contributed by atoms with van der Waals surface area (Å²) >= 11 is 0. The first-order chi connectivity index (χ1) is 9.34. The molecule has 1 aromatic rings. The Kier molecular flexibility index (Phi) is 4.52. The average Bonchev–Trinajstić information content (AvgIpc) is 2.36. The van der Waals surface area contributed by atoms with Crippen molar-refractivity contribution in [2.45, 2.75) is 17.7 Å². The normalized spacial score (nSPS) is 18.1. The zero-order valence-electron chi connectivity index (χ0n) is 11.7. The summed E-state index contributed by atoms with van der Waals surface area (Å²) in [6.07, 6.45) is 2.29. The standard InChI is InChI=1S/C13H22N4O2S/c1-17-4-2-10(3-5-17)9-16-12-6-11(14)7-13(8-12)20(15,18)19/h6-8,10,16H,2-5,9,14H2,1H3,(H2,15,18,19). The number of piperidine rings is 1. The minimum atomic E-state index is -3.72. The van der Waals surface area contributed by atoms with Crippen LogP contribution >= 0.6 is 0 Å². The number of sulfonamides is 1. The Labute approximate surface area is 120 Å². The summed E-state index contributed by atoms with van der Waals surface area (Å²) in [6.45, 7) is 3.03. The number of likely N-dealkylation sites (tertiary alicyclic amines) is 1. The molecule has 1 saturated heterocycles. The third-order valence-electron chi connectivity index (χ3n) is 3.69. The van der Waals surface area contributed by atoms with Gasteiger partial charge < -0.3 is 16.0 Å². The number of nitrogens with zero attached hydrogens (tertiary/aromatic N) is 1. The Hall–Kier alpha value is -1.31. The molecule has 20 heavy (non-hydrogen) atoms. The molecule has 1 aromatic carbocycles. The van der Waals surface area contributed by atoms with Gasteiger partial charge in [0.15, 0.2) is 0 Å². The van der Waals surface area contributed by atoms with Crippen LogP contribution in [-0.4, -0.2) is 40.0 Å². The first kappa shape index (κ1) is 15.1. The molecule has 1 fully saturated rings. The molecule has 6 nitrogen and oxygen atoms in total. The fraction of sp³-hybridized carbons (Fsp3) is 0.538. The van der Waals surface area contributed by atoms with E-state index in [9.17, 15) is 8.42 Å². The lowest BCUT2D eigenvalue weighted by atomic mass is 9.97. The van der Waals surface area contributed by atoms with Gasteiger partial charge in [-0.25, -0.2) is 13.6 Å². The second kappa shape index (κ2) is 5.99. The molecule has 112 valence electrons. The highest BCUT2D eigenvalue weighted by molar-refractivity contribution is 7.89. The van der Waals surface area contributed by atoms with Gasteiger partial charge in [-0.2, -0.15) is 0 Å². The third-order valence-corrected chi connectivity index (χ3v) is 4.58. The SMILES string of the molecule is CN1CCC(CNc2cc(N)cc(S(N)(=O)=O)c2)CC1. The summed E-state index contributed by atoms with van der Waals surface area (Å²) in [5.41, 5.74) is 6.81. The molecule has 0 atom stereocenters. The quantitative estimate of drug-likeness (QED) is 0.709. The van der Waals surface area contributed by atoms with E-state index in [1.165, 1.54) is 12.1 Å². The maximum atomic E-state index is 11.4. The fourth-order valence-corrected chi connectivity index (χ4v) is 3.01. The number of nitrogen functional groups attached to an aromatic ring is 1. The molecule has 0 aromatic heterocycles. The van der Waals surface area contributed by atoms with E-state index in [1.54, 1.807) is 6.07 Å². The zero-order chi connectivity index (χ0) is 14.8. The summed E-state index contributed by atoms with van der Waals surface area (Å²) in [4.78, 5) is 2.36. The van der Waals surface area contributed by atoms with Gasteiger partial charge in [-0.3, -0.25) is 0 Å². The maximum Gasteiger partial charge on any atom is 0.238 e. The van der Waals surface area contributed by atoms with E-state index in [2.05, 4.69) is 17.3 Å². The van der Waals surface area contributed by atoms with Gasteiger partial charge in [0.05, 0.1) is 4.90 Å². The topological polar surface area (TPSA) is 101 Å². The van der Waals surface area contributed by atoms with Gasteiger partial charge in [0.1, 0.15) is 0 Å². The maximum absolute atomic E-state index is 11.4. The van der Waals surface area contributed by atoms with Gasteiger partial charge >= 0.3 is 0 Å². The Balaban J connectivity index is 2.01.